The maximum atomic E-state index is 3.61. The zero-order valence-electron chi connectivity index (χ0n) is 9.90. The van der Waals surface area contributed by atoms with Gasteiger partial charge in [-0.2, -0.15) is 0 Å². The van der Waals surface area contributed by atoms with E-state index >= 15 is 0 Å². The van der Waals surface area contributed by atoms with Crippen LogP contribution in [0.3, 0.4) is 0 Å². The number of hydrogen-bond donors (Lipinski definition) is 0. The Morgan fingerprint density at radius 2 is 1.75 bits per heavy atom. The Balaban J connectivity index is 0. The Kier molecular flexibility index (Phi) is 12.1. The summed E-state index contributed by atoms with van der Waals surface area (Å²) in [7, 11) is 0. The average molecular weight is 216 g/mol. The van der Waals surface area contributed by atoms with Gasteiger partial charge in [-0.15, -0.1) is 0 Å². The molecule has 0 amide bonds. The molecule has 88 valence electrons. The molecule has 0 spiro atoms. The van der Waals surface area contributed by atoms with Crippen molar-refractivity contribution in [3.05, 3.63) is 72.4 Å². The van der Waals surface area contributed by atoms with Gasteiger partial charge in [0, 0.05) is 0 Å². The zero-order valence-corrected chi connectivity index (χ0v) is 9.90. The molecule has 0 heterocycles. The maximum absolute atomic E-state index is 3.61. The van der Waals surface area contributed by atoms with Gasteiger partial charge in [-0.1, -0.05) is 79.8 Å². The molecular weight excluding hydrogens is 192 g/mol. The van der Waals surface area contributed by atoms with E-state index in [2.05, 4.69) is 25.6 Å². The molecule has 0 atom stereocenters. The first-order valence-corrected chi connectivity index (χ1v) is 5.14. The standard InChI is InChI=1S/C8H12.C7H8.CH4/c1-4-6-7-8(3)5-2;1-7-5-3-2-4-6-7;/h4-7H,2H2,1,3H3;2-6H,1H3;1H4/b6-4-,8-7-;;. The van der Waals surface area contributed by atoms with Crippen LogP contribution in [0.15, 0.2) is 66.8 Å². The summed E-state index contributed by atoms with van der Waals surface area (Å²) >= 11 is 0. The summed E-state index contributed by atoms with van der Waals surface area (Å²) in [5.74, 6) is 0. The quantitative estimate of drug-likeness (QED) is 0.586. The van der Waals surface area contributed by atoms with Crippen molar-refractivity contribution in [2.24, 2.45) is 0 Å². The molecule has 0 fully saturated rings. The van der Waals surface area contributed by atoms with Crippen LogP contribution in [0.25, 0.3) is 0 Å². The van der Waals surface area contributed by atoms with Gasteiger partial charge in [0.2, 0.25) is 0 Å². The molecule has 0 saturated heterocycles. The van der Waals surface area contributed by atoms with Crippen LogP contribution in [0.1, 0.15) is 26.8 Å². The number of rotatable bonds is 2. The highest BCUT2D eigenvalue weighted by atomic mass is 13.8. The second-order valence-electron chi connectivity index (χ2n) is 3.30. The van der Waals surface area contributed by atoms with Gasteiger partial charge in [0.05, 0.1) is 0 Å². The average Bonchev–Trinajstić information content (AvgIpc) is 2.28. The molecule has 0 bridgehead atoms. The summed E-state index contributed by atoms with van der Waals surface area (Å²) < 4.78 is 0. The van der Waals surface area contributed by atoms with E-state index in [1.807, 2.05) is 56.4 Å². The van der Waals surface area contributed by atoms with Crippen molar-refractivity contribution in [1.82, 2.24) is 0 Å². The number of benzene rings is 1. The third kappa shape index (κ3) is 10.5. The van der Waals surface area contributed by atoms with E-state index < -0.39 is 0 Å². The maximum Gasteiger partial charge on any atom is -0.0398 e. The van der Waals surface area contributed by atoms with Crippen molar-refractivity contribution >= 4 is 0 Å². The second kappa shape index (κ2) is 11.5. The first-order valence-electron chi connectivity index (χ1n) is 5.14. The summed E-state index contributed by atoms with van der Waals surface area (Å²) in [6.07, 6.45) is 7.84. The topological polar surface area (TPSA) is 0 Å². The molecule has 1 rings (SSSR count). The molecule has 0 saturated carbocycles. The van der Waals surface area contributed by atoms with Gasteiger partial charge in [0.25, 0.3) is 0 Å². The van der Waals surface area contributed by atoms with Crippen molar-refractivity contribution in [2.45, 2.75) is 28.2 Å². The van der Waals surface area contributed by atoms with Crippen LogP contribution in [0, 0.1) is 6.92 Å². The fraction of sp³-hybridized carbons (Fsp3) is 0.250. The molecule has 16 heavy (non-hydrogen) atoms. The predicted octanol–water partition coefficient (Wildman–Crippen LogP) is 5.33. The first kappa shape index (κ1) is 16.9. The second-order valence-corrected chi connectivity index (χ2v) is 3.30. The summed E-state index contributed by atoms with van der Waals surface area (Å²) in [6.45, 7) is 9.71. The van der Waals surface area contributed by atoms with Crippen molar-refractivity contribution in [2.75, 3.05) is 0 Å². The van der Waals surface area contributed by atoms with Crippen LogP contribution in [0.5, 0.6) is 0 Å². The number of allylic oxidation sites excluding steroid dienone is 5. The zero-order chi connectivity index (χ0) is 11.5. The van der Waals surface area contributed by atoms with Crippen LogP contribution in [-0.2, 0) is 0 Å². The molecule has 1 aromatic rings. The van der Waals surface area contributed by atoms with E-state index in [1.54, 1.807) is 0 Å². The van der Waals surface area contributed by atoms with Gasteiger partial charge in [-0.3, -0.25) is 0 Å². The molecule has 0 unspecified atom stereocenters. The largest absolute Gasteiger partial charge is 0.0988 e. The minimum Gasteiger partial charge on any atom is -0.0988 e. The lowest BCUT2D eigenvalue weighted by Gasteiger charge is -1.82. The minimum atomic E-state index is 0. The van der Waals surface area contributed by atoms with Gasteiger partial charge in [-0.25, -0.2) is 0 Å². The summed E-state index contributed by atoms with van der Waals surface area (Å²) in [4.78, 5) is 0. The monoisotopic (exact) mass is 216 g/mol. The number of hydrogen-bond acceptors (Lipinski definition) is 0. The normalized spacial score (nSPS) is 10.1. The molecule has 0 aliphatic heterocycles. The van der Waals surface area contributed by atoms with E-state index in [4.69, 9.17) is 0 Å². The molecule has 1 aromatic carbocycles. The van der Waals surface area contributed by atoms with Crippen molar-refractivity contribution < 1.29 is 0 Å². The Morgan fingerprint density at radius 1 is 1.19 bits per heavy atom. The van der Waals surface area contributed by atoms with Gasteiger partial charge >= 0.3 is 0 Å². The van der Waals surface area contributed by atoms with E-state index in [9.17, 15) is 0 Å². The van der Waals surface area contributed by atoms with Crippen molar-refractivity contribution in [3.8, 4) is 0 Å². The van der Waals surface area contributed by atoms with E-state index in [1.165, 1.54) is 11.1 Å². The molecule has 0 nitrogen and oxygen atoms in total. The Bertz CT molecular complexity index is 315. The highest BCUT2D eigenvalue weighted by molar-refractivity contribution is 5.18. The first-order chi connectivity index (χ1) is 7.20. The van der Waals surface area contributed by atoms with Crippen molar-refractivity contribution in [3.63, 3.8) is 0 Å². The van der Waals surface area contributed by atoms with E-state index in [0.717, 1.165) is 0 Å². The predicted molar refractivity (Wildman–Crippen MR) is 76.7 cm³/mol. The fourth-order valence-corrected chi connectivity index (χ4v) is 0.850. The fourth-order valence-electron chi connectivity index (χ4n) is 0.850. The lowest BCUT2D eigenvalue weighted by atomic mass is 10.2. The molecule has 0 aromatic heterocycles. The lowest BCUT2D eigenvalue weighted by Crippen LogP contribution is -1.62. The molecule has 0 N–H and O–H groups in total. The van der Waals surface area contributed by atoms with E-state index in [0.29, 0.717) is 0 Å². The van der Waals surface area contributed by atoms with Crippen LogP contribution in [0.2, 0.25) is 0 Å². The third-order valence-electron chi connectivity index (χ3n) is 1.81. The van der Waals surface area contributed by atoms with Gasteiger partial charge in [-0.05, 0) is 20.8 Å². The molecule has 0 aliphatic carbocycles. The summed E-state index contributed by atoms with van der Waals surface area (Å²) in [5.41, 5.74) is 2.52. The van der Waals surface area contributed by atoms with Crippen LogP contribution < -0.4 is 0 Å². The third-order valence-corrected chi connectivity index (χ3v) is 1.81. The highest BCUT2D eigenvalue weighted by Gasteiger charge is 1.72. The van der Waals surface area contributed by atoms with E-state index in [-0.39, 0.29) is 7.43 Å². The molecule has 0 radical (unpaired) electrons. The lowest BCUT2D eigenvalue weighted by molar-refractivity contribution is 1.48. The Morgan fingerprint density at radius 3 is 2.06 bits per heavy atom. The summed E-state index contributed by atoms with van der Waals surface area (Å²) in [6, 6.07) is 10.3. The van der Waals surface area contributed by atoms with Gasteiger partial charge in [0.1, 0.15) is 0 Å². The van der Waals surface area contributed by atoms with Gasteiger partial charge < -0.3 is 0 Å². The highest BCUT2D eigenvalue weighted by Crippen LogP contribution is 1.92. The molecular formula is C16H24. The molecule has 0 aliphatic rings. The van der Waals surface area contributed by atoms with Crippen LogP contribution >= 0.6 is 0 Å². The smallest absolute Gasteiger partial charge is 0.0398 e. The van der Waals surface area contributed by atoms with Gasteiger partial charge in [0.15, 0.2) is 0 Å². The number of aryl methyl sites for hydroxylation is 1. The van der Waals surface area contributed by atoms with Crippen molar-refractivity contribution in [1.29, 1.82) is 0 Å². The van der Waals surface area contributed by atoms with Crippen LogP contribution in [-0.4, -0.2) is 0 Å². The Hall–Kier alpha value is -1.56. The Labute approximate surface area is 101 Å². The SMILES string of the molecule is C.C=C/C(C)=C\C=C/C.Cc1ccccc1. The minimum absolute atomic E-state index is 0. The summed E-state index contributed by atoms with van der Waals surface area (Å²) in [5, 5.41) is 0. The molecule has 0 heteroatoms. The van der Waals surface area contributed by atoms with Crippen LogP contribution in [0.4, 0.5) is 0 Å².